The quantitative estimate of drug-likeness (QED) is 0.403. The number of ether oxygens (including phenoxy) is 1. The molecule has 1 fully saturated rings. The van der Waals surface area contributed by atoms with Crippen molar-refractivity contribution >= 4 is 40.8 Å². The van der Waals surface area contributed by atoms with Crippen molar-refractivity contribution in [3.63, 3.8) is 0 Å². The summed E-state index contributed by atoms with van der Waals surface area (Å²) in [6.45, 7) is -0.609. The van der Waals surface area contributed by atoms with E-state index in [1.165, 1.54) is 55.7 Å². The van der Waals surface area contributed by atoms with Gasteiger partial charge in [-0.15, -0.1) is 0 Å². The third-order valence-electron chi connectivity index (χ3n) is 4.14. The molecule has 0 radical (unpaired) electrons. The van der Waals surface area contributed by atoms with Crippen LogP contribution < -0.4 is 15.6 Å². The van der Waals surface area contributed by atoms with Crippen LogP contribution >= 0.6 is 11.8 Å². The van der Waals surface area contributed by atoms with E-state index in [1.807, 2.05) is 0 Å². The first-order chi connectivity index (χ1) is 14.8. The van der Waals surface area contributed by atoms with Gasteiger partial charge in [-0.3, -0.25) is 34.9 Å². The highest BCUT2D eigenvalue weighted by molar-refractivity contribution is 8.18. The Labute approximate surface area is 180 Å². The van der Waals surface area contributed by atoms with Crippen LogP contribution in [0.3, 0.4) is 0 Å². The zero-order chi connectivity index (χ0) is 22.5. The van der Waals surface area contributed by atoms with Crippen molar-refractivity contribution in [2.75, 3.05) is 13.7 Å². The molecule has 11 heteroatoms. The maximum absolute atomic E-state index is 12.5. The number of phenols is 2. The fraction of sp³-hybridized carbons (Fsp3) is 0.100. The molecule has 0 spiro atoms. The Balaban J connectivity index is 1.62. The number of aromatic hydroxyl groups is 2. The van der Waals surface area contributed by atoms with Crippen molar-refractivity contribution in [3.05, 3.63) is 58.5 Å². The van der Waals surface area contributed by atoms with E-state index in [0.717, 1.165) is 4.90 Å². The van der Waals surface area contributed by atoms with Crippen LogP contribution in [0.25, 0.3) is 6.08 Å². The molecule has 0 unspecified atom stereocenters. The summed E-state index contributed by atoms with van der Waals surface area (Å²) in [5.41, 5.74) is 4.66. The molecule has 4 amide bonds. The minimum atomic E-state index is -0.807. The van der Waals surface area contributed by atoms with E-state index in [9.17, 15) is 29.4 Å². The normalized spacial score (nSPS) is 14.6. The number of amides is 4. The highest BCUT2D eigenvalue weighted by atomic mass is 32.2. The summed E-state index contributed by atoms with van der Waals surface area (Å²) >= 11 is 0.654. The topological polar surface area (TPSA) is 145 Å². The van der Waals surface area contributed by atoms with Gasteiger partial charge >= 0.3 is 0 Å². The number of phenolic OH excluding ortho intramolecular Hbond substituents is 2. The van der Waals surface area contributed by atoms with Crippen LogP contribution in [0, 0.1) is 0 Å². The van der Waals surface area contributed by atoms with E-state index in [-0.39, 0.29) is 27.7 Å². The van der Waals surface area contributed by atoms with Crippen molar-refractivity contribution in [2.45, 2.75) is 0 Å². The summed E-state index contributed by atoms with van der Waals surface area (Å²) in [7, 11) is 1.38. The van der Waals surface area contributed by atoms with Gasteiger partial charge in [-0.25, -0.2) is 0 Å². The highest BCUT2D eigenvalue weighted by Crippen LogP contribution is 2.34. The lowest BCUT2D eigenvalue weighted by Crippen LogP contribution is -2.47. The zero-order valence-corrected chi connectivity index (χ0v) is 16.9. The SMILES string of the molecule is COc1cc(/C=C2/SC(=O)N(CC(=O)NNC(=O)c3ccccc3O)C2=O)ccc1O. The molecule has 4 N–H and O–H groups in total. The number of hydrogen-bond donors (Lipinski definition) is 4. The molecule has 2 aromatic carbocycles. The van der Waals surface area contributed by atoms with Gasteiger partial charge in [-0.2, -0.15) is 0 Å². The van der Waals surface area contributed by atoms with Gasteiger partial charge in [0.2, 0.25) is 0 Å². The van der Waals surface area contributed by atoms with Gasteiger partial charge in [-0.1, -0.05) is 18.2 Å². The molecular formula is C20H17N3O7S. The fourth-order valence-electron chi connectivity index (χ4n) is 2.61. The van der Waals surface area contributed by atoms with Crippen molar-refractivity contribution < 1.29 is 34.1 Å². The largest absolute Gasteiger partial charge is 0.507 e. The number of imide groups is 1. The van der Waals surface area contributed by atoms with Crippen LogP contribution in [0.2, 0.25) is 0 Å². The van der Waals surface area contributed by atoms with Crippen molar-refractivity contribution in [2.24, 2.45) is 0 Å². The standard InChI is InChI=1S/C20H17N3O7S/c1-30-15-8-11(6-7-14(15)25)9-16-19(28)23(20(29)31-16)10-17(26)21-22-18(27)12-4-2-3-5-13(12)24/h2-9,24-25H,10H2,1H3,(H,21,26)(H,22,27)/b16-9+. The molecule has 1 aliphatic rings. The molecule has 3 rings (SSSR count). The summed E-state index contributed by atoms with van der Waals surface area (Å²) < 4.78 is 5.01. The molecule has 1 saturated heterocycles. The Kier molecular flexibility index (Phi) is 6.46. The van der Waals surface area contributed by atoms with Gasteiger partial charge in [0, 0.05) is 0 Å². The van der Waals surface area contributed by atoms with Crippen LogP contribution in [0.15, 0.2) is 47.4 Å². The second-order valence-corrected chi connectivity index (χ2v) is 7.21. The van der Waals surface area contributed by atoms with Crippen molar-refractivity contribution in [1.29, 1.82) is 0 Å². The van der Waals surface area contributed by atoms with E-state index >= 15 is 0 Å². The van der Waals surface area contributed by atoms with E-state index in [1.54, 1.807) is 0 Å². The average molecular weight is 443 g/mol. The minimum Gasteiger partial charge on any atom is -0.507 e. The van der Waals surface area contributed by atoms with Gasteiger partial charge in [0.25, 0.3) is 23.0 Å². The number of thioether (sulfide) groups is 1. The van der Waals surface area contributed by atoms with Gasteiger partial charge in [0.05, 0.1) is 17.6 Å². The maximum Gasteiger partial charge on any atom is 0.294 e. The monoisotopic (exact) mass is 443 g/mol. The molecule has 0 aromatic heterocycles. The Morgan fingerprint density at radius 2 is 1.84 bits per heavy atom. The minimum absolute atomic E-state index is 0.0544. The Morgan fingerprint density at radius 3 is 2.55 bits per heavy atom. The molecule has 160 valence electrons. The van der Waals surface area contributed by atoms with E-state index in [4.69, 9.17) is 4.74 Å². The molecule has 0 atom stereocenters. The lowest BCUT2D eigenvalue weighted by Gasteiger charge is -2.13. The van der Waals surface area contributed by atoms with Crippen LogP contribution in [0.5, 0.6) is 17.2 Å². The van der Waals surface area contributed by atoms with Crippen molar-refractivity contribution in [1.82, 2.24) is 15.8 Å². The van der Waals surface area contributed by atoms with Crippen molar-refractivity contribution in [3.8, 4) is 17.2 Å². The lowest BCUT2D eigenvalue weighted by molar-refractivity contribution is -0.129. The summed E-state index contributed by atoms with van der Waals surface area (Å²) in [5, 5.41) is 18.6. The number of para-hydroxylation sites is 1. The fourth-order valence-corrected chi connectivity index (χ4v) is 3.45. The molecule has 0 aliphatic carbocycles. The number of carbonyl (C=O) groups is 4. The summed E-state index contributed by atoms with van der Waals surface area (Å²) in [5.74, 6) is -2.39. The molecule has 0 bridgehead atoms. The van der Waals surface area contributed by atoms with Gasteiger partial charge in [0.1, 0.15) is 12.3 Å². The second-order valence-electron chi connectivity index (χ2n) is 6.22. The van der Waals surface area contributed by atoms with Gasteiger partial charge in [0.15, 0.2) is 11.5 Å². The Bertz CT molecular complexity index is 1100. The number of nitrogens with one attached hydrogen (secondary N) is 2. The molecule has 10 nitrogen and oxygen atoms in total. The van der Waals surface area contributed by atoms with E-state index < -0.39 is 29.5 Å². The number of hydrogen-bond acceptors (Lipinski definition) is 8. The summed E-state index contributed by atoms with van der Waals surface area (Å²) in [6, 6.07) is 10.1. The van der Waals surface area contributed by atoms with Crippen LogP contribution in [-0.2, 0) is 9.59 Å². The Morgan fingerprint density at radius 1 is 1.10 bits per heavy atom. The summed E-state index contributed by atoms with van der Waals surface area (Å²) in [4.78, 5) is 49.6. The third-order valence-corrected chi connectivity index (χ3v) is 5.05. The van der Waals surface area contributed by atoms with Crippen LogP contribution in [0.4, 0.5) is 4.79 Å². The van der Waals surface area contributed by atoms with E-state index in [0.29, 0.717) is 17.3 Å². The predicted molar refractivity (Wildman–Crippen MR) is 111 cm³/mol. The van der Waals surface area contributed by atoms with Gasteiger partial charge < -0.3 is 14.9 Å². The van der Waals surface area contributed by atoms with Crippen LogP contribution in [0.1, 0.15) is 15.9 Å². The number of carbonyl (C=O) groups excluding carboxylic acids is 4. The Hall–Kier alpha value is -3.99. The molecule has 1 heterocycles. The molecular weight excluding hydrogens is 426 g/mol. The van der Waals surface area contributed by atoms with Gasteiger partial charge in [-0.05, 0) is 47.7 Å². The molecule has 0 saturated carbocycles. The highest BCUT2D eigenvalue weighted by Gasteiger charge is 2.36. The molecule has 31 heavy (non-hydrogen) atoms. The molecule has 2 aromatic rings. The molecule has 1 aliphatic heterocycles. The number of methoxy groups -OCH3 is 1. The predicted octanol–water partition coefficient (Wildman–Crippen LogP) is 1.60. The second kappa shape index (κ2) is 9.22. The zero-order valence-electron chi connectivity index (χ0n) is 16.1. The first-order valence-electron chi connectivity index (χ1n) is 8.79. The lowest BCUT2D eigenvalue weighted by atomic mass is 10.2. The number of hydrazine groups is 1. The number of nitrogens with zero attached hydrogens (tertiary/aromatic N) is 1. The number of benzene rings is 2. The van der Waals surface area contributed by atoms with E-state index in [2.05, 4.69) is 10.9 Å². The number of rotatable bonds is 5. The summed E-state index contributed by atoms with van der Waals surface area (Å²) in [6.07, 6.45) is 1.44. The first-order valence-corrected chi connectivity index (χ1v) is 9.61. The smallest absolute Gasteiger partial charge is 0.294 e. The first kappa shape index (κ1) is 21.7. The third kappa shape index (κ3) is 4.95. The maximum atomic E-state index is 12.5. The average Bonchev–Trinajstić information content (AvgIpc) is 3.01. The van der Waals surface area contributed by atoms with Crippen LogP contribution in [-0.4, -0.2) is 51.7 Å².